The van der Waals surface area contributed by atoms with Gasteiger partial charge in [-0.1, -0.05) is 71.2 Å². The molecule has 0 aliphatic rings. The van der Waals surface area contributed by atoms with Gasteiger partial charge >= 0.3 is 10.1 Å². The van der Waals surface area contributed by atoms with Gasteiger partial charge < -0.3 is 13.7 Å². The summed E-state index contributed by atoms with van der Waals surface area (Å²) in [5.41, 5.74) is 5.00. The topological polar surface area (TPSA) is 103 Å². The Morgan fingerprint density at radius 2 is 1.60 bits per heavy atom. The Kier molecular flexibility index (Phi) is 9.31. The van der Waals surface area contributed by atoms with Crippen LogP contribution in [0, 0.1) is 6.92 Å². The third-order valence-electron chi connectivity index (χ3n) is 5.57. The number of amides is 1. The van der Waals surface area contributed by atoms with Crippen LogP contribution >= 0.6 is 23.2 Å². The number of hydrogen-bond donors (Lipinski definition) is 1. The Morgan fingerprint density at radius 3 is 2.25 bits per heavy atom. The number of rotatable bonds is 10. The molecule has 4 aromatic rings. The second kappa shape index (κ2) is 12.9. The maximum absolute atomic E-state index is 12.6. The van der Waals surface area contributed by atoms with Crippen molar-refractivity contribution in [2.75, 3.05) is 7.11 Å². The minimum absolute atomic E-state index is 0.0361. The van der Waals surface area contributed by atoms with Crippen molar-refractivity contribution < 1.29 is 26.9 Å². The van der Waals surface area contributed by atoms with Crippen molar-refractivity contribution in [1.29, 1.82) is 0 Å². The van der Waals surface area contributed by atoms with E-state index in [1.54, 1.807) is 30.3 Å². The molecule has 40 heavy (non-hydrogen) atoms. The summed E-state index contributed by atoms with van der Waals surface area (Å²) in [5, 5.41) is 3.84. The van der Waals surface area contributed by atoms with Crippen molar-refractivity contribution in [2.24, 2.45) is 5.10 Å². The Labute approximate surface area is 242 Å². The maximum atomic E-state index is 12.6. The van der Waals surface area contributed by atoms with E-state index in [0.29, 0.717) is 29.2 Å². The van der Waals surface area contributed by atoms with Crippen molar-refractivity contribution in [3.8, 4) is 17.2 Å². The fraction of sp³-hybridized carbons (Fsp3) is 0.103. The first-order valence-corrected chi connectivity index (χ1v) is 14.0. The van der Waals surface area contributed by atoms with Gasteiger partial charge in [-0.15, -0.1) is 0 Å². The molecule has 0 saturated carbocycles. The van der Waals surface area contributed by atoms with Gasteiger partial charge in [0.05, 0.1) is 23.4 Å². The highest BCUT2D eigenvalue weighted by molar-refractivity contribution is 7.87. The summed E-state index contributed by atoms with van der Waals surface area (Å²) in [6, 6.07) is 23.4. The van der Waals surface area contributed by atoms with Gasteiger partial charge in [0, 0.05) is 5.56 Å². The third-order valence-corrected chi connectivity index (χ3v) is 7.36. The molecule has 0 bridgehead atoms. The average Bonchev–Trinajstić information content (AvgIpc) is 2.94. The van der Waals surface area contributed by atoms with Crippen LogP contribution in [0.15, 0.2) is 94.9 Å². The van der Waals surface area contributed by atoms with E-state index in [4.69, 9.17) is 36.9 Å². The molecule has 0 aliphatic heterocycles. The molecule has 0 unspecified atom stereocenters. The normalized spacial score (nSPS) is 11.3. The molecular formula is C29H24Cl2N2O6S. The van der Waals surface area contributed by atoms with Gasteiger partial charge in [-0.3, -0.25) is 4.79 Å². The standard InChI is InChI=1S/C29H24Cl2N2O6S/c1-19-8-11-23(12-9-19)40(35,36)39-28-24(30)14-21(15-25(28)31)17-32-33-29(34)22-10-13-26(27(16-22)37-2)38-18-20-6-4-3-5-7-20/h3-17H,18H2,1-2H3,(H,33,34)/b32-17+. The van der Waals surface area contributed by atoms with Crippen LogP contribution in [0.4, 0.5) is 0 Å². The van der Waals surface area contributed by atoms with E-state index >= 15 is 0 Å². The van der Waals surface area contributed by atoms with E-state index in [1.807, 2.05) is 37.3 Å². The maximum Gasteiger partial charge on any atom is 0.339 e. The van der Waals surface area contributed by atoms with Gasteiger partial charge in [-0.05, 0) is 60.5 Å². The summed E-state index contributed by atoms with van der Waals surface area (Å²) in [4.78, 5) is 12.6. The third kappa shape index (κ3) is 7.32. The van der Waals surface area contributed by atoms with Crippen molar-refractivity contribution in [2.45, 2.75) is 18.4 Å². The lowest BCUT2D eigenvalue weighted by molar-refractivity contribution is 0.0954. The summed E-state index contributed by atoms with van der Waals surface area (Å²) >= 11 is 12.5. The number of halogens is 2. The number of carbonyl (C=O) groups is 1. The fourth-order valence-electron chi connectivity index (χ4n) is 3.49. The molecule has 0 radical (unpaired) electrons. The highest BCUT2D eigenvalue weighted by Crippen LogP contribution is 2.36. The monoisotopic (exact) mass is 598 g/mol. The molecule has 4 rings (SSSR count). The van der Waals surface area contributed by atoms with Gasteiger partial charge in [-0.2, -0.15) is 13.5 Å². The van der Waals surface area contributed by atoms with Gasteiger partial charge in [0.15, 0.2) is 17.2 Å². The van der Waals surface area contributed by atoms with Crippen LogP contribution in [0.25, 0.3) is 0 Å². The summed E-state index contributed by atoms with van der Waals surface area (Å²) in [6.07, 6.45) is 1.31. The molecule has 1 N–H and O–H groups in total. The van der Waals surface area contributed by atoms with Gasteiger partial charge in [-0.25, -0.2) is 5.43 Å². The molecule has 11 heteroatoms. The van der Waals surface area contributed by atoms with Crippen molar-refractivity contribution >= 4 is 45.4 Å². The van der Waals surface area contributed by atoms with E-state index in [-0.39, 0.29) is 20.7 Å². The molecule has 1 amide bonds. The smallest absolute Gasteiger partial charge is 0.339 e. The molecule has 0 saturated heterocycles. The SMILES string of the molecule is COc1cc(C(=O)N/N=C/c2cc(Cl)c(OS(=O)(=O)c3ccc(C)cc3)c(Cl)c2)ccc1OCc1ccccc1. The van der Waals surface area contributed by atoms with Crippen molar-refractivity contribution in [1.82, 2.24) is 5.43 Å². The summed E-state index contributed by atoms with van der Waals surface area (Å²) in [7, 11) is -2.67. The molecule has 0 atom stereocenters. The van der Waals surface area contributed by atoms with Crippen molar-refractivity contribution in [3.63, 3.8) is 0 Å². The zero-order valence-electron chi connectivity index (χ0n) is 21.4. The minimum Gasteiger partial charge on any atom is -0.493 e. The predicted octanol–water partition coefficient (Wildman–Crippen LogP) is 6.42. The zero-order chi connectivity index (χ0) is 28.7. The second-order valence-electron chi connectivity index (χ2n) is 8.50. The van der Waals surface area contributed by atoms with E-state index in [2.05, 4.69) is 10.5 Å². The first kappa shape index (κ1) is 28.9. The van der Waals surface area contributed by atoms with Gasteiger partial charge in [0.1, 0.15) is 11.5 Å². The number of hydrazone groups is 1. The number of nitrogens with one attached hydrogen (secondary N) is 1. The number of methoxy groups -OCH3 is 1. The van der Waals surface area contributed by atoms with Crippen LogP contribution in [-0.2, 0) is 16.7 Å². The van der Waals surface area contributed by atoms with Gasteiger partial charge in [0.2, 0.25) is 0 Å². The molecule has 0 aliphatic carbocycles. The lowest BCUT2D eigenvalue weighted by Gasteiger charge is -2.12. The Morgan fingerprint density at radius 1 is 0.925 bits per heavy atom. The number of benzene rings is 4. The van der Waals surface area contributed by atoms with Crippen LogP contribution in [0.3, 0.4) is 0 Å². The molecule has 0 spiro atoms. The fourth-order valence-corrected chi connectivity index (χ4v) is 5.13. The highest BCUT2D eigenvalue weighted by atomic mass is 35.5. The number of nitrogens with zero attached hydrogens (tertiary/aromatic N) is 1. The molecule has 0 aromatic heterocycles. The number of aryl methyl sites for hydroxylation is 1. The molecule has 0 fully saturated rings. The van der Waals surface area contributed by atoms with E-state index in [9.17, 15) is 13.2 Å². The van der Waals surface area contributed by atoms with Crippen LogP contribution in [0.1, 0.15) is 27.0 Å². The Balaban J connectivity index is 1.41. The molecule has 4 aromatic carbocycles. The van der Waals surface area contributed by atoms with E-state index < -0.39 is 16.0 Å². The largest absolute Gasteiger partial charge is 0.493 e. The number of ether oxygens (including phenoxy) is 2. The summed E-state index contributed by atoms with van der Waals surface area (Å²) < 4.78 is 41.6. The van der Waals surface area contributed by atoms with Crippen LogP contribution in [0.5, 0.6) is 17.2 Å². The van der Waals surface area contributed by atoms with E-state index in [0.717, 1.165) is 11.1 Å². The van der Waals surface area contributed by atoms with Crippen LogP contribution < -0.4 is 19.1 Å². The Hall–Kier alpha value is -4.05. The minimum atomic E-state index is -4.15. The molecular weight excluding hydrogens is 575 g/mol. The average molecular weight is 599 g/mol. The summed E-state index contributed by atoms with van der Waals surface area (Å²) in [6.45, 7) is 2.18. The first-order chi connectivity index (χ1) is 19.2. The summed E-state index contributed by atoms with van der Waals surface area (Å²) in [5.74, 6) is 0.168. The van der Waals surface area contributed by atoms with Crippen LogP contribution in [-0.4, -0.2) is 27.6 Å². The van der Waals surface area contributed by atoms with Crippen LogP contribution in [0.2, 0.25) is 10.0 Å². The first-order valence-electron chi connectivity index (χ1n) is 11.8. The molecule has 8 nitrogen and oxygen atoms in total. The number of hydrogen-bond acceptors (Lipinski definition) is 7. The molecule has 206 valence electrons. The predicted molar refractivity (Wildman–Crippen MR) is 154 cm³/mol. The quantitative estimate of drug-likeness (QED) is 0.128. The zero-order valence-corrected chi connectivity index (χ0v) is 23.8. The van der Waals surface area contributed by atoms with E-state index in [1.165, 1.54) is 37.6 Å². The lowest BCUT2D eigenvalue weighted by atomic mass is 10.2. The lowest BCUT2D eigenvalue weighted by Crippen LogP contribution is -2.17. The number of carbonyl (C=O) groups excluding carboxylic acids is 1. The highest BCUT2D eigenvalue weighted by Gasteiger charge is 2.21. The Bertz CT molecular complexity index is 1620. The second-order valence-corrected chi connectivity index (χ2v) is 10.9. The molecule has 0 heterocycles. The van der Waals surface area contributed by atoms with Crippen molar-refractivity contribution in [3.05, 3.63) is 117 Å². The van der Waals surface area contributed by atoms with Gasteiger partial charge in [0.25, 0.3) is 5.91 Å².